The first kappa shape index (κ1) is 18.4. The van der Waals surface area contributed by atoms with E-state index in [1.54, 1.807) is 11.3 Å². The van der Waals surface area contributed by atoms with Crippen LogP contribution in [0.2, 0.25) is 0 Å². The SMILES string of the molecule is CC(C)OC(COc1ccc(C(C)C)cc1)CSc1ccsc1. The highest BCUT2D eigenvalue weighted by atomic mass is 32.2. The van der Waals surface area contributed by atoms with Gasteiger partial charge in [-0.05, 0) is 48.9 Å². The fraction of sp³-hybridized carbons (Fsp3) is 0.474. The Kier molecular flexibility index (Phi) is 7.47. The van der Waals surface area contributed by atoms with Gasteiger partial charge in [0.05, 0.1) is 6.10 Å². The molecule has 1 unspecified atom stereocenters. The summed E-state index contributed by atoms with van der Waals surface area (Å²) in [6, 6.07) is 10.5. The second-order valence-corrected chi connectivity index (χ2v) is 7.99. The molecule has 0 N–H and O–H groups in total. The minimum atomic E-state index is 0.0877. The van der Waals surface area contributed by atoms with E-state index in [1.807, 2.05) is 23.9 Å². The van der Waals surface area contributed by atoms with Crippen LogP contribution in [-0.4, -0.2) is 24.6 Å². The Balaban J connectivity index is 1.86. The van der Waals surface area contributed by atoms with Gasteiger partial charge in [0.1, 0.15) is 18.5 Å². The molecule has 0 radical (unpaired) electrons. The maximum Gasteiger partial charge on any atom is 0.119 e. The van der Waals surface area contributed by atoms with Crippen molar-refractivity contribution in [3.63, 3.8) is 0 Å². The predicted molar refractivity (Wildman–Crippen MR) is 101 cm³/mol. The molecule has 0 saturated heterocycles. The van der Waals surface area contributed by atoms with E-state index in [-0.39, 0.29) is 12.2 Å². The predicted octanol–water partition coefficient (Wildman–Crippen LogP) is 5.84. The van der Waals surface area contributed by atoms with Crippen LogP contribution in [0.3, 0.4) is 0 Å². The van der Waals surface area contributed by atoms with Gasteiger partial charge < -0.3 is 9.47 Å². The third-order valence-corrected chi connectivity index (χ3v) is 5.34. The van der Waals surface area contributed by atoms with E-state index in [4.69, 9.17) is 9.47 Å². The Morgan fingerprint density at radius 3 is 2.35 bits per heavy atom. The van der Waals surface area contributed by atoms with E-state index in [9.17, 15) is 0 Å². The van der Waals surface area contributed by atoms with Gasteiger partial charge >= 0.3 is 0 Å². The van der Waals surface area contributed by atoms with Crippen LogP contribution in [0.15, 0.2) is 46.0 Å². The zero-order valence-electron chi connectivity index (χ0n) is 14.3. The van der Waals surface area contributed by atoms with E-state index >= 15 is 0 Å². The number of ether oxygens (including phenoxy) is 2. The Morgan fingerprint density at radius 2 is 1.78 bits per heavy atom. The molecule has 4 heteroatoms. The molecule has 0 aliphatic heterocycles. The molecule has 2 nitrogen and oxygen atoms in total. The second-order valence-electron chi connectivity index (χ2n) is 6.11. The van der Waals surface area contributed by atoms with Gasteiger partial charge in [0.25, 0.3) is 0 Å². The fourth-order valence-electron chi connectivity index (χ4n) is 2.17. The number of hydrogen-bond donors (Lipinski definition) is 0. The Hall–Kier alpha value is -0.970. The first-order valence-electron chi connectivity index (χ1n) is 8.08. The maximum atomic E-state index is 5.99. The van der Waals surface area contributed by atoms with Crippen molar-refractivity contribution in [1.29, 1.82) is 0 Å². The average molecular weight is 351 g/mol. The molecular formula is C19H26O2S2. The van der Waals surface area contributed by atoms with Gasteiger partial charge in [-0.3, -0.25) is 0 Å². The highest BCUT2D eigenvalue weighted by Gasteiger charge is 2.13. The third-order valence-electron chi connectivity index (χ3n) is 3.38. The largest absolute Gasteiger partial charge is 0.491 e. The summed E-state index contributed by atoms with van der Waals surface area (Å²) in [6.45, 7) is 9.11. The molecule has 0 amide bonds. The zero-order valence-corrected chi connectivity index (χ0v) is 16.0. The molecule has 1 aromatic carbocycles. The molecule has 0 aliphatic rings. The van der Waals surface area contributed by atoms with Crippen LogP contribution in [0, 0.1) is 0 Å². The second kappa shape index (κ2) is 9.36. The van der Waals surface area contributed by atoms with Gasteiger partial charge in [0.15, 0.2) is 0 Å². The number of thioether (sulfide) groups is 1. The summed E-state index contributed by atoms with van der Waals surface area (Å²) in [5.41, 5.74) is 1.33. The maximum absolute atomic E-state index is 5.99. The summed E-state index contributed by atoms with van der Waals surface area (Å²) in [7, 11) is 0. The van der Waals surface area contributed by atoms with E-state index in [1.165, 1.54) is 10.5 Å². The van der Waals surface area contributed by atoms with Crippen molar-refractivity contribution in [3.8, 4) is 5.75 Å². The molecule has 0 spiro atoms. The lowest BCUT2D eigenvalue weighted by atomic mass is 10.0. The van der Waals surface area contributed by atoms with Gasteiger partial charge in [-0.15, -0.1) is 11.8 Å². The molecule has 2 rings (SSSR count). The van der Waals surface area contributed by atoms with Crippen LogP contribution in [0.5, 0.6) is 5.75 Å². The van der Waals surface area contributed by atoms with E-state index < -0.39 is 0 Å². The van der Waals surface area contributed by atoms with Crippen LogP contribution in [0.25, 0.3) is 0 Å². The number of benzene rings is 1. The third kappa shape index (κ3) is 6.58. The van der Waals surface area contributed by atoms with Gasteiger partial charge in [-0.25, -0.2) is 0 Å². The van der Waals surface area contributed by atoms with Gasteiger partial charge in [0, 0.05) is 16.0 Å². The summed E-state index contributed by atoms with van der Waals surface area (Å²) in [6.07, 6.45) is 0.291. The molecule has 1 atom stereocenters. The molecule has 126 valence electrons. The normalized spacial score (nSPS) is 12.8. The van der Waals surface area contributed by atoms with Crippen molar-refractivity contribution in [3.05, 3.63) is 46.7 Å². The highest BCUT2D eigenvalue weighted by molar-refractivity contribution is 7.99. The molecule has 0 aliphatic carbocycles. The van der Waals surface area contributed by atoms with Gasteiger partial charge in [-0.1, -0.05) is 26.0 Å². The zero-order chi connectivity index (χ0) is 16.7. The van der Waals surface area contributed by atoms with Crippen LogP contribution in [-0.2, 0) is 4.74 Å². The Morgan fingerprint density at radius 1 is 1.04 bits per heavy atom. The minimum Gasteiger partial charge on any atom is -0.491 e. The topological polar surface area (TPSA) is 18.5 Å². The monoisotopic (exact) mass is 350 g/mol. The Labute approximate surface area is 148 Å². The standard InChI is InChI=1S/C19H26O2S2/c1-14(2)16-5-7-17(8-6-16)20-11-18(21-15(3)4)12-23-19-9-10-22-13-19/h5-10,13-15,18H,11-12H2,1-4H3. The van der Waals surface area contributed by atoms with Crippen molar-refractivity contribution in [2.45, 2.75) is 50.7 Å². The molecule has 1 aromatic heterocycles. The van der Waals surface area contributed by atoms with Crippen molar-refractivity contribution >= 4 is 23.1 Å². The summed E-state index contributed by atoms with van der Waals surface area (Å²) < 4.78 is 11.9. The lowest BCUT2D eigenvalue weighted by molar-refractivity contribution is -0.00354. The van der Waals surface area contributed by atoms with Crippen LogP contribution in [0.4, 0.5) is 0 Å². The molecule has 0 bridgehead atoms. The molecule has 0 saturated carbocycles. The number of thiophene rings is 1. The van der Waals surface area contributed by atoms with Crippen molar-refractivity contribution in [2.75, 3.05) is 12.4 Å². The lowest BCUT2D eigenvalue weighted by Gasteiger charge is -2.20. The number of hydrogen-bond acceptors (Lipinski definition) is 4. The molecule has 1 heterocycles. The molecule has 0 fully saturated rings. The molecular weight excluding hydrogens is 324 g/mol. The first-order valence-corrected chi connectivity index (χ1v) is 10.0. The highest BCUT2D eigenvalue weighted by Crippen LogP contribution is 2.23. The average Bonchev–Trinajstić information content (AvgIpc) is 3.03. The lowest BCUT2D eigenvalue weighted by Crippen LogP contribution is -2.27. The summed E-state index contributed by atoms with van der Waals surface area (Å²) >= 11 is 3.55. The fourth-order valence-corrected chi connectivity index (χ4v) is 3.93. The number of rotatable bonds is 9. The quantitative estimate of drug-likeness (QED) is 0.530. The summed E-state index contributed by atoms with van der Waals surface area (Å²) in [5.74, 6) is 2.36. The smallest absolute Gasteiger partial charge is 0.119 e. The summed E-state index contributed by atoms with van der Waals surface area (Å²) in [5, 5.41) is 4.27. The van der Waals surface area contributed by atoms with Crippen LogP contribution < -0.4 is 4.74 Å². The van der Waals surface area contributed by atoms with E-state index in [0.717, 1.165) is 11.5 Å². The van der Waals surface area contributed by atoms with Gasteiger partial charge in [-0.2, -0.15) is 11.3 Å². The van der Waals surface area contributed by atoms with Crippen molar-refractivity contribution < 1.29 is 9.47 Å². The molecule has 2 aromatic rings. The van der Waals surface area contributed by atoms with Crippen LogP contribution >= 0.6 is 23.1 Å². The summed E-state index contributed by atoms with van der Waals surface area (Å²) in [4.78, 5) is 1.30. The molecule has 23 heavy (non-hydrogen) atoms. The Bertz CT molecular complexity index is 547. The van der Waals surface area contributed by atoms with Gasteiger partial charge in [0.2, 0.25) is 0 Å². The minimum absolute atomic E-state index is 0.0877. The van der Waals surface area contributed by atoms with Crippen molar-refractivity contribution in [1.82, 2.24) is 0 Å². The van der Waals surface area contributed by atoms with E-state index in [2.05, 4.69) is 56.7 Å². The van der Waals surface area contributed by atoms with E-state index in [0.29, 0.717) is 12.5 Å². The van der Waals surface area contributed by atoms with Crippen molar-refractivity contribution in [2.24, 2.45) is 0 Å². The van der Waals surface area contributed by atoms with Crippen LogP contribution in [0.1, 0.15) is 39.2 Å². The first-order chi connectivity index (χ1) is 11.0.